The van der Waals surface area contributed by atoms with E-state index in [0.29, 0.717) is 11.1 Å². The maximum Gasteiger partial charge on any atom is 0.339 e. The number of carbonyl (C=O) groups excluding carboxylic acids is 2. The fraction of sp³-hybridized carbons (Fsp3) is 0.286. The molecule has 0 spiro atoms. The van der Waals surface area contributed by atoms with Crippen LogP contribution in [0.5, 0.6) is 0 Å². The molecule has 1 saturated carbocycles. The fourth-order valence-corrected chi connectivity index (χ4v) is 3.72. The minimum Gasteiger partial charge on any atom is -0.444 e. The van der Waals surface area contributed by atoms with Crippen LogP contribution in [0.15, 0.2) is 54.6 Å². The number of ether oxygens (including phenoxy) is 1. The Bertz CT molecular complexity index is 1020. The highest BCUT2D eigenvalue weighted by atomic mass is 32.2. The zero-order valence-electron chi connectivity index (χ0n) is 15.6. The molecule has 2 aromatic carbocycles. The van der Waals surface area contributed by atoms with Crippen LogP contribution in [-0.2, 0) is 25.1 Å². The van der Waals surface area contributed by atoms with Crippen molar-refractivity contribution in [2.75, 3.05) is 5.75 Å². The van der Waals surface area contributed by atoms with Crippen LogP contribution in [-0.4, -0.2) is 32.1 Å². The first-order valence-electron chi connectivity index (χ1n) is 9.10. The summed E-state index contributed by atoms with van der Waals surface area (Å²) in [6, 6.07) is 16.4. The first-order chi connectivity index (χ1) is 13.9. The number of amides is 1. The number of hydrogen-bond acceptors (Lipinski definition) is 6. The Morgan fingerprint density at radius 3 is 2.34 bits per heavy atom. The van der Waals surface area contributed by atoms with Crippen molar-refractivity contribution in [1.29, 1.82) is 5.26 Å². The zero-order valence-corrected chi connectivity index (χ0v) is 16.4. The number of nitrogens with zero attached hydrogens (tertiary/aromatic N) is 1. The van der Waals surface area contributed by atoms with E-state index in [2.05, 4.69) is 5.32 Å². The van der Waals surface area contributed by atoms with Gasteiger partial charge in [0.25, 0.3) is 5.91 Å². The first-order valence-corrected chi connectivity index (χ1v) is 10.9. The average Bonchev–Trinajstić information content (AvgIpc) is 3.50. The van der Waals surface area contributed by atoms with Crippen molar-refractivity contribution in [2.45, 2.75) is 30.7 Å². The Kier molecular flexibility index (Phi) is 6.29. The molecule has 1 aliphatic carbocycles. The standard InChI is InChI=1S/C21H20N2O5S/c22-12-13-29(26,27)14-15-6-8-17(9-7-15)21(25)28-19(16-4-2-1-3-5-16)20(24)23-18-10-11-18/h1-9,18-19H,10-11,13-14H2,(H,23,24)/t19-/m1/s1. The van der Waals surface area contributed by atoms with Gasteiger partial charge < -0.3 is 10.1 Å². The Balaban J connectivity index is 1.72. The van der Waals surface area contributed by atoms with Crippen molar-refractivity contribution in [1.82, 2.24) is 5.32 Å². The number of hydrogen-bond donors (Lipinski definition) is 1. The molecule has 8 heteroatoms. The SMILES string of the molecule is N#CCS(=O)(=O)Cc1ccc(C(=O)O[C@@H](C(=O)NC2CC2)c2ccccc2)cc1. The van der Waals surface area contributed by atoms with Crippen LogP contribution < -0.4 is 5.32 Å². The molecule has 1 N–H and O–H groups in total. The van der Waals surface area contributed by atoms with Crippen LogP contribution in [0.2, 0.25) is 0 Å². The molecule has 0 unspecified atom stereocenters. The Morgan fingerprint density at radius 2 is 1.76 bits per heavy atom. The second-order valence-electron chi connectivity index (χ2n) is 6.87. The van der Waals surface area contributed by atoms with Crippen LogP contribution in [0.25, 0.3) is 0 Å². The molecule has 0 saturated heterocycles. The lowest BCUT2D eigenvalue weighted by molar-refractivity contribution is -0.130. The van der Waals surface area contributed by atoms with Gasteiger partial charge in [-0.2, -0.15) is 5.26 Å². The van der Waals surface area contributed by atoms with E-state index in [1.807, 2.05) is 0 Å². The zero-order chi connectivity index (χ0) is 20.9. The van der Waals surface area contributed by atoms with E-state index in [1.165, 1.54) is 24.3 Å². The molecule has 1 fully saturated rings. The highest BCUT2D eigenvalue weighted by molar-refractivity contribution is 7.90. The summed E-state index contributed by atoms with van der Waals surface area (Å²) in [5.41, 5.74) is 1.23. The molecule has 0 radical (unpaired) electrons. The molecule has 0 heterocycles. The Morgan fingerprint density at radius 1 is 1.10 bits per heavy atom. The highest BCUT2D eigenvalue weighted by Gasteiger charge is 2.31. The molecule has 1 amide bonds. The smallest absolute Gasteiger partial charge is 0.339 e. The number of sulfone groups is 1. The van der Waals surface area contributed by atoms with Crippen LogP contribution in [0.3, 0.4) is 0 Å². The largest absolute Gasteiger partial charge is 0.444 e. The number of nitriles is 1. The minimum absolute atomic E-state index is 0.127. The van der Waals surface area contributed by atoms with Gasteiger partial charge in [0, 0.05) is 11.6 Å². The lowest BCUT2D eigenvalue weighted by Crippen LogP contribution is -2.33. The summed E-state index contributed by atoms with van der Waals surface area (Å²) in [6.07, 6.45) is 0.759. The van der Waals surface area contributed by atoms with Crippen molar-refractivity contribution in [2.24, 2.45) is 0 Å². The van der Waals surface area contributed by atoms with Gasteiger partial charge in [0.1, 0.15) is 5.75 Å². The van der Waals surface area contributed by atoms with Gasteiger partial charge in [-0.15, -0.1) is 0 Å². The van der Waals surface area contributed by atoms with E-state index in [9.17, 15) is 18.0 Å². The van der Waals surface area contributed by atoms with Crippen LogP contribution in [0, 0.1) is 11.3 Å². The number of esters is 1. The third-order valence-electron chi connectivity index (χ3n) is 4.35. The van der Waals surface area contributed by atoms with Gasteiger partial charge in [-0.1, -0.05) is 42.5 Å². The lowest BCUT2D eigenvalue weighted by Gasteiger charge is -2.18. The maximum absolute atomic E-state index is 12.6. The van der Waals surface area contributed by atoms with E-state index in [-0.39, 0.29) is 23.3 Å². The molecule has 0 bridgehead atoms. The highest BCUT2D eigenvalue weighted by Crippen LogP contribution is 2.24. The van der Waals surface area contributed by atoms with E-state index in [0.717, 1.165) is 12.8 Å². The molecule has 0 aliphatic heterocycles. The summed E-state index contributed by atoms with van der Waals surface area (Å²) in [7, 11) is -3.52. The summed E-state index contributed by atoms with van der Waals surface area (Å²) in [4.78, 5) is 25.1. The summed E-state index contributed by atoms with van der Waals surface area (Å²) in [5.74, 6) is -1.90. The number of carbonyl (C=O) groups is 2. The van der Waals surface area contributed by atoms with Gasteiger partial charge in [0.2, 0.25) is 6.10 Å². The van der Waals surface area contributed by atoms with E-state index in [4.69, 9.17) is 10.00 Å². The van der Waals surface area contributed by atoms with Crippen molar-refractivity contribution < 1.29 is 22.7 Å². The average molecular weight is 412 g/mol. The Hall–Kier alpha value is -3.18. The molecule has 1 atom stereocenters. The van der Waals surface area contributed by atoms with Crippen molar-refractivity contribution >= 4 is 21.7 Å². The summed E-state index contributed by atoms with van der Waals surface area (Å²) in [5, 5.41) is 11.4. The number of benzene rings is 2. The van der Waals surface area contributed by atoms with Crippen LogP contribution in [0.1, 0.15) is 40.4 Å². The van der Waals surface area contributed by atoms with Gasteiger partial charge in [-0.25, -0.2) is 13.2 Å². The Labute approximate surface area is 169 Å². The van der Waals surface area contributed by atoms with Crippen molar-refractivity contribution in [3.05, 3.63) is 71.3 Å². The molecular formula is C21H20N2O5S. The lowest BCUT2D eigenvalue weighted by atomic mass is 10.1. The maximum atomic E-state index is 12.6. The second-order valence-corrected chi connectivity index (χ2v) is 8.93. The van der Waals surface area contributed by atoms with E-state index >= 15 is 0 Å². The molecule has 0 aromatic heterocycles. The molecule has 1 aliphatic rings. The van der Waals surface area contributed by atoms with Gasteiger partial charge >= 0.3 is 5.97 Å². The fourth-order valence-electron chi connectivity index (χ4n) is 2.72. The molecule has 7 nitrogen and oxygen atoms in total. The van der Waals surface area contributed by atoms with Crippen LogP contribution in [0.4, 0.5) is 0 Å². The van der Waals surface area contributed by atoms with Gasteiger partial charge in [-0.3, -0.25) is 4.79 Å². The molecular weight excluding hydrogens is 392 g/mol. The number of nitrogens with one attached hydrogen (secondary N) is 1. The topological polar surface area (TPSA) is 113 Å². The van der Waals surface area contributed by atoms with E-state index < -0.39 is 27.7 Å². The van der Waals surface area contributed by atoms with Crippen LogP contribution >= 0.6 is 0 Å². The molecule has 150 valence electrons. The second kappa shape index (κ2) is 8.88. The molecule has 3 rings (SSSR count). The predicted molar refractivity (Wildman–Crippen MR) is 105 cm³/mol. The van der Waals surface area contributed by atoms with Crippen molar-refractivity contribution in [3.8, 4) is 6.07 Å². The van der Waals surface area contributed by atoms with E-state index in [1.54, 1.807) is 36.4 Å². The summed E-state index contributed by atoms with van der Waals surface area (Å²) in [6.45, 7) is 0. The number of rotatable bonds is 8. The molecule has 2 aromatic rings. The summed E-state index contributed by atoms with van der Waals surface area (Å²) >= 11 is 0. The first kappa shape index (κ1) is 20.6. The predicted octanol–water partition coefficient (Wildman–Crippen LogP) is 2.30. The van der Waals surface area contributed by atoms with Gasteiger partial charge in [-0.05, 0) is 30.5 Å². The van der Waals surface area contributed by atoms with Crippen molar-refractivity contribution in [3.63, 3.8) is 0 Å². The third-order valence-corrected chi connectivity index (χ3v) is 5.69. The normalized spacial score (nSPS) is 14.4. The monoisotopic (exact) mass is 412 g/mol. The van der Waals surface area contributed by atoms with Gasteiger partial charge in [0.15, 0.2) is 9.84 Å². The summed E-state index contributed by atoms with van der Waals surface area (Å²) < 4.78 is 28.9. The minimum atomic E-state index is -3.52. The van der Waals surface area contributed by atoms with Gasteiger partial charge in [0.05, 0.1) is 17.4 Å². The molecule has 29 heavy (non-hydrogen) atoms. The quantitative estimate of drug-likeness (QED) is 0.666. The third kappa shape index (κ3) is 5.90.